The molecule has 1 aromatic carbocycles. The number of pyridine rings is 1. The molecule has 1 aliphatic rings. The van der Waals surface area contributed by atoms with Crippen molar-refractivity contribution in [2.75, 3.05) is 26.2 Å². The minimum absolute atomic E-state index is 0.169. The van der Waals surface area contributed by atoms with E-state index in [0.717, 1.165) is 23.9 Å². The smallest absolute Gasteiger partial charge is 0.307 e. The Kier molecular flexibility index (Phi) is 5.27. The Morgan fingerprint density at radius 2 is 2.25 bits per heavy atom. The van der Waals surface area contributed by atoms with Crippen LogP contribution in [0.2, 0.25) is 0 Å². The number of fused-ring (bicyclic) bond motifs is 1. The lowest BCUT2D eigenvalue weighted by atomic mass is 9.98. The summed E-state index contributed by atoms with van der Waals surface area (Å²) in [5.41, 5.74) is 0.852. The van der Waals surface area contributed by atoms with Crippen molar-refractivity contribution < 1.29 is 19.7 Å². The van der Waals surface area contributed by atoms with Gasteiger partial charge in [0.15, 0.2) is 0 Å². The van der Waals surface area contributed by atoms with Gasteiger partial charge in [-0.3, -0.25) is 14.7 Å². The van der Waals surface area contributed by atoms with E-state index in [9.17, 15) is 9.90 Å². The van der Waals surface area contributed by atoms with Crippen LogP contribution in [0.1, 0.15) is 12.8 Å². The lowest BCUT2D eigenvalue weighted by molar-refractivity contribution is -0.143. The maximum Gasteiger partial charge on any atom is 0.307 e. The third-order valence-corrected chi connectivity index (χ3v) is 4.36. The van der Waals surface area contributed by atoms with E-state index >= 15 is 0 Å². The summed E-state index contributed by atoms with van der Waals surface area (Å²) in [6.07, 6.45) is 2.63. The molecule has 0 aliphatic carbocycles. The van der Waals surface area contributed by atoms with Crippen molar-refractivity contribution in [1.82, 2.24) is 9.88 Å². The van der Waals surface area contributed by atoms with E-state index in [1.54, 1.807) is 6.20 Å². The number of aliphatic carboxylic acids is 1. The summed E-state index contributed by atoms with van der Waals surface area (Å²) in [6.45, 7) is 1.90. The standard InChI is InChI=1S/C18H22N2O4/c21-14(11-20-9-3-4-13(10-20)18(22)23)12-24-17-7-1-6-16-15(17)5-2-8-19-16/h1-2,5-8,13-14,21H,3-4,9-12H2,(H,22,23)/t13?,14-/m1/s1. The van der Waals surface area contributed by atoms with Crippen molar-refractivity contribution >= 4 is 16.9 Å². The molecule has 2 atom stereocenters. The predicted octanol–water partition coefficient (Wildman–Crippen LogP) is 1.77. The highest BCUT2D eigenvalue weighted by atomic mass is 16.5. The minimum atomic E-state index is -0.756. The number of aromatic nitrogens is 1. The first-order chi connectivity index (χ1) is 11.6. The molecular weight excluding hydrogens is 308 g/mol. The van der Waals surface area contributed by atoms with E-state index in [1.165, 1.54) is 0 Å². The summed E-state index contributed by atoms with van der Waals surface area (Å²) in [4.78, 5) is 17.4. The van der Waals surface area contributed by atoms with Crippen LogP contribution in [-0.2, 0) is 4.79 Å². The third-order valence-electron chi connectivity index (χ3n) is 4.36. The van der Waals surface area contributed by atoms with E-state index in [2.05, 4.69) is 4.98 Å². The fourth-order valence-electron chi connectivity index (χ4n) is 3.16. The Morgan fingerprint density at radius 1 is 1.38 bits per heavy atom. The zero-order valence-corrected chi connectivity index (χ0v) is 13.5. The van der Waals surface area contributed by atoms with Crippen LogP contribution in [-0.4, -0.2) is 58.4 Å². The molecule has 0 amide bonds. The predicted molar refractivity (Wildman–Crippen MR) is 90.0 cm³/mol. The monoisotopic (exact) mass is 330 g/mol. The maximum absolute atomic E-state index is 11.1. The molecule has 0 spiro atoms. The number of hydrogen-bond donors (Lipinski definition) is 2. The number of nitrogens with zero attached hydrogens (tertiary/aromatic N) is 2. The number of carbonyl (C=O) groups is 1. The van der Waals surface area contributed by atoms with Crippen LogP contribution in [0.3, 0.4) is 0 Å². The SMILES string of the molecule is O=C(O)C1CCCN(C[C@@H](O)COc2cccc3ncccc23)C1. The van der Waals surface area contributed by atoms with Crippen molar-refractivity contribution in [3.8, 4) is 5.75 Å². The van der Waals surface area contributed by atoms with E-state index in [0.29, 0.717) is 25.3 Å². The van der Waals surface area contributed by atoms with Crippen LogP contribution in [0.25, 0.3) is 10.9 Å². The molecule has 6 nitrogen and oxygen atoms in total. The fraction of sp³-hybridized carbons (Fsp3) is 0.444. The molecule has 1 unspecified atom stereocenters. The molecule has 0 radical (unpaired) electrons. The van der Waals surface area contributed by atoms with E-state index in [-0.39, 0.29) is 12.5 Å². The lowest BCUT2D eigenvalue weighted by Gasteiger charge is -2.31. The number of carboxylic acid groups (broad SMARTS) is 1. The van der Waals surface area contributed by atoms with Gasteiger partial charge in [0.2, 0.25) is 0 Å². The number of carboxylic acids is 1. The number of ether oxygens (including phenoxy) is 1. The van der Waals surface area contributed by atoms with Crippen molar-refractivity contribution in [2.24, 2.45) is 5.92 Å². The van der Waals surface area contributed by atoms with Crippen molar-refractivity contribution in [3.05, 3.63) is 36.5 Å². The molecular formula is C18H22N2O4. The zero-order chi connectivity index (χ0) is 16.9. The number of rotatable bonds is 6. The lowest BCUT2D eigenvalue weighted by Crippen LogP contribution is -2.43. The van der Waals surface area contributed by atoms with Gasteiger partial charge in [0.05, 0.1) is 11.4 Å². The highest BCUT2D eigenvalue weighted by Gasteiger charge is 2.26. The van der Waals surface area contributed by atoms with Crippen LogP contribution < -0.4 is 4.74 Å². The average Bonchev–Trinajstić information content (AvgIpc) is 2.60. The van der Waals surface area contributed by atoms with Crippen LogP contribution in [0.4, 0.5) is 0 Å². The minimum Gasteiger partial charge on any atom is -0.490 e. The first-order valence-electron chi connectivity index (χ1n) is 8.23. The molecule has 1 aliphatic heterocycles. The second-order valence-electron chi connectivity index (χ2n) is 6.23. The maximum atomic E-state index is 11.1. The average molecular weight is 330 g/mol. The Bertz CT molecular complexity index is 701. The molecule has 2 aromatic rings. The molecule has 0 bridgehead atoms. The van der Waals surface area contributed by atoms with Crippen LogP contribution in [0, 0.1) is 5.92 Å². The van der Waals surface area contributed by atoms with Crippen LogP contribution in [0.15, 0.2) is 36.5 Å². The number of aliphatic hydroxyl groups excluding tert-OH is 1. The first kappa shape index (κ1) is 16.7. The molecule has 1 saturated heterocycles. The van der Waals surface area contributed by atoms with Crippen LogP contribution in [0.5, 0.6) is 5.75 Å². The van der Waals surface area contributed by atoms with Gasteiger partial charge in [-0.15, -0.1) is 0 Å². The molecule has 24 heavy (non-hydrogen) atoms. The molecule has 128 valence electrons. The van der Waals surface area contributed by atoms with Crippen LogP contribution >= 0.6 is 0 Å². The zero-order valence-electron chi connectivity index (χ0n) is 13.5. The quantitative estimate of drug-likeness (QED) is 0.840. The van der Waals surface area contributed by atoms with Gasteiger partial charge in [-0.25, -0.2) is 0 Å². The number of aliphatic hydroxyl groups is 1. The summed E-state index contributed by atoms with van der Waals surface area (Å²) >= 11 is 0. The molecule has 2 heterocycles. The van der Waals surface area contributed by atoms with Gasteiger partial charge in [-0.05, 0) is 43.7 Å². The first-order valence-corrected chi connectivity index (χ1v) is 8.23. The summed E-state index contributed by atoms with van der Waals surface area (Å²) in [7, 11) is 0. The molecule has 0 saturated carbocycles. The Hall–Kier alpha value is -2.18. The molecule has 6 heteroatoms. The Labute approximate surface area is 140 Å². The molecule has 2 N–H and O–H groups in total. The number of β-amino-alcohol motifs (C(OH)–C–C–N with tert-alkyl or cyclic N) is 1. The van der Waals surface area contributed by atoms with Gasteiger partial charge < -0.3 is 14.9 Å². The van der Waals surface area contributed by atoms with Gasteiger partial charge in [-0.2, -0.15) is 0 Å². The Balaban J connectivity index is 1.55. The summed E-state index contributed by atoms with van der Waals surface area (Å²) < 4.78 is 5.76. The van der Waals surface area contributed by atoms with Gasteiger partial charge >= 0.3 is 5.97 Å². The Morgan fingerprint density at radius 3 is 3.08 bits per heavy atom. The summed E-state index contributed by atoms with van der Waals surface area (Å²) in [5, 5.41) is 20.3. The van der Waals surface area contributed by atoms with Crippen molar-refractivity contribution in [1.29, 1.82) is 0 Å². The molecule has 1 aromatic heterocycles. The highest BCUT2D eigenvalue weighted by molar-refractivity contribution is 5.84. The second kappa shape index (κ2) is 7.59. The van der Waals surface area contributed by atoms with Gasteiger partial charge in [0, 0.05) is 24.7 Å². The summed E-state index contributed by atoms with van der Waals surface area (Å²) in [5.74, 6) is -0.397. The van der Waals surface area contributed by atoms with Gasteiger partial charge in [0.25, 0.3) is 0 Å². The van der Waals surface area contributed by atoms with Crippen molar-refractivity contribution in [2.45, 2.75) is 18.9 Å². The largest absolute Gasteiger partial charge is 0.490 e. The number of piperidine rings is 1. The number of hydrogen-bond acceptors (Lipinski definition) is 5. The normalized spacial score (nSPS) is 20.0. The summed E-state index contributed by atoms with van der Waals surface area (Å²) in [6, 6.07) is 9.44. The number of likely N-dealkylation sites (tertiary alicyclic amines) is 1. The van der Waals surface area contributed by atoms with E-state index in [4.69, 9.17) is 9.84 Å². The highest BCUT2D eigenvalue weighted by Crippen LogP contribution is 2.24. The van der Waals surface area contributed by atoms with Gasteiger partial charge in [-0.1, -0.05) is 6.07 Å². The topological polar surface area (TPSA) is 82.9 Å². The van der Waals surface area contributed by atoms with Crippen molar-refractivity contribution in [3.63, 3.8) is 0 Å². The van der Waals surface area contributed by atoms with E-state index in [1.807, 2.05) is 35.2 Å². The second-order valence-corrected chi connectivity index (χ2v) is 6.23. The van der Waals surface area contributed by atoms with Gasteiger partial charge in [0.1, 0.15) is 18.5 Å². The van der Waals surface area contributed by atoms with E-state index < -0.39 is 12.1 Å². The molecule has 3 rings (SSSR count). The number of benzene rings is 1. The molecule has 1 fully saturated rings. The third kappa shape index (κ3) is 4.01. The fourth-order valence-corrected chi connectivity index (χ4v) is 3.16.